The van der Waals surface area contributed by atoms with Gasteiger partial charge < -0.3 is 21.5 Å². The maximum atomic E-state index is 13.0. The van der Waals surface area contributed by atoms with Gasteiger partial charge in [0.2, 0.25) is 11.9 Å². The summed E-state index contributed by atoms with van der Waals surface area (Å²) in [6, 6.07) is 16.9. The zero-order valence-electron chi connectivity index (χ0n) is 17.5. The van der Waals surface area contributed by atoms with Gasteiger partial charge in [-0.2, -0.15) is 4.99 Å². The van der Waals surface area contributed by atoms with Crippen LogP contribution in [0, 0.1) is 0 Å². The van der Waals surface area contributed by atoms with Crippen molar-refractivity contribution in [3.8, 4) is 5.75 Å². The minimum atomic E-state index is -0.596. The van der Waals surface area contributed by atoms with Gasteiger partial charge >= 0.3 is 0 Å². The van der Waals surface area contributed by atoms with Crippen LogP contribution in [0.5, 0.6) is 5.75 Å². The zero-order chi connectivity index (χ0) is 21.7. The number of hydrogen-bond acceptors (Lipinski definition) is 7. The van der Waals surface area contributed by atoms with Gasteiger partial charge in [0.15, 0.2) is 0 Å². The molecule has 8 heteroatoms. The third-order valence-electron chi connectivity index (χ3n) is 5.64. The van der Waals surface area contributed by atoms with Crippen LogP contribution in [0.1, 0.15) is 42.5 Å². The summed E-state index contributed by atoms with van der Waals surface area (Å²) in [4.78, 5) is 23.8. The fraction of sp³-hybridized carbons (Fsp3) is 0.348. The molecule has 2 aliphatic rings. The predicted octanol–water partition coefficient (Wildman–Crippen LogP) is 2.61. The number of carbonyl (C=O) groups is 1. The quantitative estimate of drug-likeness (QED) is 0.621. The van der Waals surface area contributed by atoms with Gasteiger partial charge in [0.05, 0.1) is 17.8 Å². The van der Waals surface area contributed by atoms with Crippen molar-refractivity contribution in [3.63, 3.8) is 0 Å². The highest BCUT2D eigenvalue weighted by Gasteiger charge is 2.43. The second-order valence-electron chi connectivity index (χ2n) is 7.75. The van der Waals surface area contributed by atoms with Crippen molar-refractivity contribution in [1.29, 1.82) is 0 Å². The van der Waals surface area contributed by atoms with Crippen molar-refractivity contribution in [2.75, 3.05) is 18.1 Å². The van der Waals surface area contributed by atoms with Crippen molar-refractivity contribution >= 4 is 23.5 Å². The number of amides is 1. The summed E-state index contributed by atoms with van der Waals surface area (Å²) in [5, 5.41) is 2.93. The highest BCUT2D eigenvalue weighted by Crippen LogP contribution is 2.40. The third kappa shape index (κ3) is 4.47. The Morgan fingerprint density at radius 1 is 1.03 bits per heavy atom. The molecule has 31 heavy (non-hydrogen) atoms. The SMILES string of the molecule is NC1=NC2(CCCCC2)N(c2ccccc2C(=O)NCCOc2ccccc2)C(N)=N1. The summed E-state index contributed by atoms with van der Waals surface area (Å²) in [5.74, 6) is 1.02. The van der Waals surface area contributed by atoms with Crippen LogP contribution in [0.15, 0.2) is 64.6 Å². The fourth-order valence-electron chi connectivity index (χ4n) is 4.28. The van der Waals surface area contributed by atoms with Gasteiger partial charge in [0.25, 0.3) is 5.91 Å². The van der Waals surface area contributed by atoms with E-state index >= 15 is 0 Å². The highest BCUT2D eigenvalue weighted by atomic mass is 16.5. The van der Waals surface area contributed by atoms with Crippen LogP contribution in [-0.2, 0) is 0 Å². The van der Waals surface area contributed by atoms with Crippen molar-refractivity contribution in [2.24, 2.45) is 21.5 Å². The predicted molar refractivity (Wildman–Crippen MR) is 122 cm³/mol. The van der Waals surface area contributed by atoms with E-state index in [0.29, 0.717) is 24.4 Å². The highest BCUT2D eigenvalue weighted by molar-refractivity contribution is 6.10. The summed E-state index contributed by atoms with van der Waals surface area (Å²) in [5.41, 5.74) is 12.9. The molecule has 1 amide bonds. The van der Waals surface area contributed by atoms with Crippen LogP contribution >= 0.6 is 0 Å². The first kappa shape index (κ1) is 20.7. The minimum absolute atomic E-state index is 0.190. The van der Waals surface area contributed by atoms with E-state index in [4.69, 9.17) is 21.2 Å². The number of ether oxygens (including phenoxy) is 1. The Labute approximate surface area is 182 Å². The van der Waals surface area contributed by atoms with E-state index in [9.17, 15) is 4.79 Å². The van der Waals surface area contributed by atoms with Gasteiger partial charge in [0.1, 0.15) is 18.0 Å². The maximum absolute atomic E-state index is 13.0. The van der Waals surface area contributed by atoms with Crippen LogP contribution < -0.4 is 26.4 Å². The van der Waals surface area contributed by atoms with Crippen LogP contribution in [0.2, 0.25) is 0 Å². The standard InChI is InChI=1S/C23H28N6O2/c24-21-27-22(25)29(23(28-21)13-7-2-8-14-23)19-12-6-5-11-18(19)20(30)26-15-16-31-17-9-3-1-4-10-17/h1,3-6,9-12H,2,7-8,13-16H2,(H,26,30)(H4,24,25,27,28). The smallest absolute Gasteiger partial charge is 0.253 e. The topological polar surface area (TPSA) is 118 Å². The minimum Gasteiger partial charge on any atom is -0.492 e. The van der Waals surface area contributed by atoms with Gasteiger partial charge in [-0.15, -0.1) is 0 Å². The monoisotopic (exact) mass is 420 g/mol. The summed E-state index contributed by atoms with van der Waals surface area (Å²) in [6.07, 6.45) is 4.80. The average Bonchev–Trinajstić information content (AvgIpc) is 2.77. The first-order valence-electron chi connectivity index (χ1n) is 10.6. The Morgan fingerprint density at radius 3 is 2.52 bits per heavy atom. The molecule has 1 fully saturated rings. The maximum Gasteiger partial charge on any atom is 0.253 e. The first-order valence-corrected chi connectivity index (χ1v) is 10.6. The molecule has 0 unspecified atom stereocenters. The molecule has 1 spiro atoms. The number of benzene rings is 2. The number of hydrogen-bond donors (Lipinski definition) is 3. The number of rotatable bonds is 6. The van der Waals surface area contributed by atoms with Gasteiger partial charge in [-0.3, -0.25) is 9.69 Å². The molecule has 4 rings (SSSR count). The molecule has 0 atom stereocenters. The molecule has 0 saturated heterocycles. The molecule has 2 aromatic carbocycles. The number of aliphatic imine (C=N–C) groups is 2. The van der Waals surface area contributed by atoms with Gasteiger partial charge in [0, 0.05) is 0 Å². The van der Waals surface area contributed by atoms with Crippen molar-refractivity contribution in [2.45, 2.75) is 37.8 Å². The normalized spacial score (nSPS) is 17.6. The number of para-hydroxylation sites is 2. The van der Waals surface area contributed by atoms with Gasteiger partial charge in [-0.1, -0.05) is 36.8 Å². The van der Waals surface area contributed by atoms with E-state index in [0.717, 1.165) is 37.9 Å². The molecule has 0 bridgehead atoms. The Balaban J connectivity index is 1.52. The van der Waals surface area contributed by atoms with Crippen molar-refractivity contribution in [3.05, 3.63) is 60.2 Å². The lowest BCUT2D eigenvalue weighted by atomic mass is 9.87. The van der Waals surface area contributed by atoms with Gasteiger partial charge in [-0.05, 0) is 49.9 Å². The molecule has 0 aromatic heterocycles. The van der Waals surface area contributed by atoms with E-state index in [-0.39, 0.29) is 17.8 Å². The van der Waals surface area contributed by atoms with E-state index in [1.807, 2.05) is 53.4 Å². The fourth-order valence-corrected chi connectivity index (χ4v) is 4.28. The number of nitrogens with zero attached hydrogens (tertiary/aromatic N) is 3. The number of carbonyl (C=O) groups excluding carboxylic acids is 1. The Morgan fingerprint density at radius 2 is 1.74 bits per heavy atom. The molecule has 8 nitrogen and oxygen atoms in total. The Bertz CT molecular complexity index is 983. The summed E-state index contributed by atoms with van der Waals surface area (Å²) in [7, 11) is 0. The number of nitrogens with one attached hydrogen (secondary N) is 1. The lowest BCUT2D eigenvalue weighted by molar-refractivity contribution is 0.0947. The Hall–Kier alpha value is -3.55. The zero-order valence-corrected chi connectivity index (χ0v) is 17.5. The first-order chi connectivity index (χ1) is 15.1. The van der Waals surface area contributed by atoms with E-state index < -0.39 is 5.66 Å². The van der Waals surface area contributed by atoms with Crippen LogP contribution in [0.4, 0.5) is 5.69 Å². The molecule has 1 heterocycles. The second-order valence-corrected chi connectivity index (χ2v) is 7.75. The average molecular weight is 421 g/mol. The lowest BCUT2D eigenvalue weighted by Gasteiger charge is -2.46. The molecule has 1 aliphatic carbocycles. The van der Waals surface area contributed by atoms with E-state index in [2.05, 4.69) is 10.3 Å². The second kappa shape index (κ2) is 9.07. The summed E-state index contributed by atoms with van der Waals surface area (Å²) < 4.78 is 5.66. The number of guanidine groups is 2. The molecule has 5 N–H and O–H groups in total. The number of nitrogens with two attached hydrogens (primary N) is 2. The van der Waals surface area contributed by atoms with E-state index in [1.165, 1.54) is 0 Å². The summed E-state index contributed by atoms with van der Waals surface area (Å²) in [6.45, 7) is 0.748. The van der Waals surface area contributed by atoms with Crippen LogP contribution in [0.25, 0.3) is 0 Å². The van der Waals surface area contributed by atoms with Crippen molar-refractivity contribution in [1.82, 2.24) is 5.32 Å². The molecule has 1 aliphatic heterocycles. The van der Waals surface area contributed by atoms with Gasteiger partial charge in [-0.25, -0.2) is 4.99 Å². The molecule has 162 valence electrons. The lowest BCUT2D eigenvalue weighted by Crippen LogP contribution is -2.58. The van der Waals surface area contributed by atoms with Crippen LogP contribution in [0.3, 0.4) is 0 Å². The molecule has 2 aromatic rings. The van der Waals surface area contributed by atoms with Crippen LogP contribution in [-0.4, -0.2) is 36.6 Å². The molecule has 0 radical (unpaired) electrons. The third-order valence-corrected chi connectivity index (χ3v) is 5.64. The molecule has 1 saturated carbocycles. The van der Waals surface area contributed by atoms with Crippen molar-refractivity contribution < 1.29 is 9.53 Å². The molecular weight excluding hydrogens is 392 g/mol. The summed E-state index contributed by atoms with van der Waals surface area (Å²) >= 11 is 0. The molecular formula is C23H28N6O2. The largest absolute Gasteiger partial charge is 0.492 e. The van der Waals surface area contributed by atoms with E-state index in [1.54, 1.807) is 6.07 Å². The number of anilines is 1. The Kier molecular flexibility index (Phi) is 6.06.